The molecule has 2 N–H and O–H groups in total. The third-order valence-corrected chi connectivity index (χ3v) is 14.3. The lowest BCUT2D eigenvalue weighted by molar-refractivity contribution is -0.208. The highest BCUT2D eigenvalue weighted by atomic mass is 16.5. The molecule has 0 amide bonds. The number of carboxylic acids is 2. The lowest BCUT2D eigenvalue weighted by Gasteiger charge is -2.70. The number of carboxylic acid groups (broad SMARTS) is 2. The molecule has 5 fully saturated rings. The van der Waals surface area contributed by atoms with Crippen molar-refractivity contribution in [2.75, 3.05) is 0 Å². The van der Waals surface area contributed by atoms with Crippen LogP contribution < -0.4 is 0 Å². The fourth-order valence-electron chi connectivity index (χ4n) is 11.2. The Morgan fingerprint density at radius 3 is 2.05 bits per heavy atom. The van der Waals surface area contributed by atoms with E-state index in [4.69, 9.17) is 4.74 Å². The Morgan fingerprint density at radius 1 is 0.805 bits per heavy atom. The van der Waals surface area contributed by atoms with Crippen LogP contribution in [0.5, 0.6) is 0 Å². The van der Waals surface area contributed by atoms with Crippen LogP contribution in [0.25, 0.3) is 0 Å². The van der Waals surface area contributed by atoms with Crippen molar-refractivity contribution in [3.63, 3.8) is 0 Å². The molecular formula is C34H48O7. The first-order valence-corrected chi connectivity index (χ1v) is 15.9. The van der Waals surface area contributed by atoms with Gasteiger partial charge in [0, 0.05) is 11.8 Å². The Balaban J connectivity index is 1.49. The second-order valence-corrected chi connectivity index (χ2v) is 16.3. The molecule has 0 aromatic carbocycles. The number of aliphatic carboxylic acids is 2. The second kappa shape index (κ2) is 8.69. The minimum Gasteiger partial charge on any atom is -0.481 e. The molecule has 0 radical (unpaired) electrons. The quantitative estimate of drug-likeness (QED) is 0.375. The van der Waals surface area contributed by atoms with E-state index in [1.54, 1.807) is 6.92 Å². The molecule has 41 heavy (non-hydrogen) atoms. The van der Waals surface area contributed by atoms with E-state index in [1.807, 2.05) is 13.0 Å². The molecule has 0 aromatic rings. The van der Waals surface area contributed by atoms with E-state index >= 15 is 0 Å². The van der Waals surface area contributed by atoms with Crippen molar-refractivity contribution in [1.82, 2.24) is 0 Å². The molecule has 7 nitrogen and oxygen atoms in total. The van der Waals surface area contributed by atoms with Crippen LogP contribution in [-0.2, 0) is 23.9 Å². The molecule has 6 aliphatic rings. The van der Waals surface area contributed by atoms with Crippen molar-refractivity contribution in [3.05, 3.63) is 11.6 Å². The maximum Gasteiger partial charge on any atom is 0.313 e. The van der Waals surface area contributed by atoms with Gasteiger partial charge in [-0.1, -0.05) is 39.7 Å². The summed E-state index contributed by atoms with van der Waals surface area (Å²) in [5.74, 6) is -2.82. The van der Waals surface area contributed by atoms with Gasteiger partial charge in [0.1, 0.15) is 11.5 Å². The van der Waals surface area contributed by atoms with Crippen LogP contribution in [0.15, 0.2) is 11.6 Å². The highest BCUT2D eigenvalue weighted by molar-refractivity contribution is 5.96. The second-order valence-electron chi connectivity index (χ2n) is 16.3. The fourth-order valence-corrected chi connectivity index (χ4v) is 11.2. The van der Waals surface area contributed by atoms with E-state index in [2.05, 4.69) is 27.7 Å². The molecule has 6 rings (SSSR count). The third kappa shape index (κ3) is 3.62. The predicted molar refractivity (Wildman–Crippen MR) is 152 cm³/mol. The molecule has 7 heteroatoms. The summed E-state index contributed by atoms with van der Waals surface area (Å²) >= 11 is 0. The van der Waals surface area contributed by atoms with E-state index in [-0.39, 0.29) is 46.3 Å². The summed E-state index contributed by atoms with van der Waals surface area (Å²) in [5.41, 5.74) is -2.59. The van der Waals surface area contributed by atoms with Gasteiger partial charge in [-0.05, 0) is 112 Å². The first kappa shape index (κ1) is 28.9. The molecule has 6 aliphatic carbocycles. The van der Waals surface area contributed by atoms with Crippen molar-refractivity contribution in [1.29, 1.82) is 0 Å². The number of fused-ring (bicyclic) bond motifs is 7. The fraction of sp³-hybridized carbons (Fsp3) is 0.824. The summed E-state index contributed by atoms with van der Waals surface area (Å²) in [5, 5.41) is 20.8. The van der Waals surface area contributed by atoms with Crippen molar-refractivity contribution < 1.29 is 34.1 Å². The van der Waals surface area contributed by atoms with Crippen LogP contribution >= 0.6 is 0 Å². The third-order valence-electron chi connectivity index (χ3n) is 14.3. The van der Waals surface area contributed by atoms with Crippen molar-refractivity contribution in [3.8, 4) is 0 Å². The predicted octanol–water partition coefficient (Wildman–Crippen LogP) is 6.44. The number of hydrogen-bond acceptors (Lipinski definition) is 5. The van der Waals surface area contributed by atoms with Gasteiger partial charge in [0.05, 0.1) is 11.3 Å². The average molecular weight is 569 g/mol. The summed E-state index contributed by atoms with van der Waals surface area (Å²) in [6.45, 7) is 12.5. The van der Waals surface area contributed by atoms with Gasteiger partial charge in [0.15, 0.2) is 5.78 Å². The number of carbonyl (C=O) groups excluding carboxylic acids is 2. The first-order chi connectivity index (χ1) is 19.0. The topological polar surface area (TPSA) is 118 Å². The zero-order valence-electron chi connectivity index (χ0n) is 25.7. The molecule has 0 spiro atoms. The lowest BCUT2D eigenvalue weighted by Crippen LogP contribution is -2.67. The number of carbonyl (C=O) groups is 4. The molecule has 0 heterocycles. The Hall–Kier alpha value is -2.18. The maximum atomic E-state index is 14.5. The summed E-state index contributed by atoms with van der Waals surface area (Å²) in [7, 11) is 0. The number of ketones is 1. The Morgan fingerprint density at radius 2 is 1.44 bits per heavy atom. The highest BCUT2D eigenvalue weighted by Crippen LogP contribution is 2.75. The summed E-state index contributed by atoms with van der Waals surface area (Å²) < 4.78 is 6.25. The summed E-state index contributed by atoms with van der Waals surface area (Å²) in [6, 6.07) is 0. The smallest absolute Gasteiger partial charge is 0.313 e. The van der Waals surface area contributed by atoms with Gasteiger partial charge in [-0.2, -0.15) is 0 Å². The maximum absolute atomic E-state index is 14.5. The van der Waals surface area contributed by atoms with Gasteiger partial charge >= 0.3 is 17.9 Å². The molecule has 0 aliphatic heterocycles. The van der Waals surface area contributed by atoms with Gasteiger partial charge in [-0.25, -0.2) is 0 Å². The molecule has 0 aromatic heterocycles. The van der Waals surface area contributed by atoms with Crippen LogP contribution in [0.4, 0.5) is 0 Å². The molecule has 5 saturated carbocycles. The normalized spacial score (nSPS) is 50.8. The molecular weight excluding hydrogens is 520 g/mol. The van der Waals surface area contributed by atoms with E-state index in [9.17, 15) is 29.4 Å². The number of allylic oxidation sites excluding steroid dienone is 1. The summed E-state index contributed by atoms with van der Waals surface area (Å²) in [4.78, 5) is 53.1. The number of rotatable bonds is 4. The van der Waals surface area contributed by atoms with Crippen LogP contribution in [0.2, 0.25) is 0 Å². The van der Waals surface area contributed by atoms with Crippen molar-refractivity contribution in [2.45, 2.75) is 118 Å². The minimum atomic E-state index is -1.23. The zero-order chi connectivity index (χ0) is 30.0. The van der Waals surface area contributed by atoms with Gasteiger partial charge in [0.25, 0.3) is 0 Å². The van der Waals surface area contributed by atoms with Gasteiger partial charge in [-0.3, -0.25) is 19.2 Å². The number of hydrogen-bond donors (Lipinski definition) is 2. The van der Waals surface area contributed by atoms with Crippen LogP contribution in [0.3, 0.4) is 0 Å². The van der Waals surface area contributed by atoms with E-state index < -0.39 is 39.7 Å². The zero-order valence-corrected chi connectivity index (χ0v) is 25.7. The van der Waals surface area contributed by atoms with E-state index in [0.717, 1.165) is 56.9 Å². The Bertz CT molecular complexity index is 1250. The van der Waals surface area contributed by atoms with Crippen LogP contribution in [0.1, 0.15) is 112 Å². The SMILES string of the molecule is CC12CCC(C)(C(=O)O)C(OC(=O)C3CC3)C1C1=CC(=O)C3C4(C)CCCC(C)(C(=O)O)C4CCC3(C)C1(C)CC2. The molecule has 10 unspecified atom stereocenters. The van der Waals surface area contributed by atoms with Crippen molar-refractivity contribution >= 4 is 23.7 Å². The largest absolute Gasteiger partial charge is 0.481 e. The first-order valence-electron chi connectivity index (χ1n) is 15.9. The standard InChI is InChI=1S/C34H48O7/c1-29-14-16-32(4,28(39)40)25(41-26(36)19-8-9-19)23(29)20-18-21(35)24-30(2)11-7-12-31(3,27(37)38)22(30)10-13-34(24,6)33(20,5)17-15-29/h18-19,22-25H,7-17H2,1-6H3,(H,37,38)(H,39,40). The number of ether oxygens (including phenoxy) is 1. The summed E-state index contributed by atoms with van der Waals surface area (Å²) in [6.07, 6.45) is 9.26. The lowest BCUT2D eigenvalue weighted by atomic mass is 9.33. The monoisotopic (exact) mass is 568 g/mol. The van der Waals surface area contributed by atoms with Crippen molar-refractivity contribution in [2.24, 2.45) is 56.2 Å². The van der Waals surface area contributed by atoms with E-state index in [1.165, 1.54) is 0 Å². The van der Waals surface area contributed by atoms with Crippen LogP contribution in [0, 0.1) is 56.2 Å². The van der Waals surface area contributed by atoms with E-state index in [0.29, 0.717) is 19.3 Å². The van der Waals surface area contributed by atoms with Gasteiger partial charge < -0.3 is 14.9 Å². The van der Waals surface area contributed by atoms with Crippen LogP contribution in [-0.4, -0.2) is 40.0 Å². The molecule has 10 atom stereocenters. The minimum absolute atomic E-state index is 0.0564. The Kier molecular flexibility index (Phi) is 6.13. The average Bonchev–Trinajstić information content (AvgIpc) is 3.73. The molecule has 0 bridgehead atoms. The van der Waals surface area contributed by atoms with Gasteiger partial charge in [0.2, 0.25) is 0 Å². The van der Waals surface area contributed by atoms with Gasteiger partial charge in [-0.15, -0.1) is 0 Å². The molecule has 226 valence electrons. The molecule has 0 saturated heterocycles. The highest BCUT2D eigenvalue weighted by Gasteiger charge is 2.72. The Labute approximate surface area is 243 Å². The number of esters is 1.